The smallest absolute Gasteiger partial charge is 0.283 e. The molecular weight excluding hydrogens is 507 g/mol. The molecule has 0 aliphatic carbocycles. The van der Waals surface area contributed by atoms with Crippen LogP contribution in [0.3, 0.4) is 0 Å². The molecule has 2 aromatic carbocycles. The number of hydrogen-bond donors (Lipinski definition) is 2. The van der Waals surface area contributed by atoms with Gasteiger partial charge in [0.2, 0.25) is 0 Å². The number of anilines is 3. The molecule has 0 saturated carbocycles. The molecule has 1 aliphatic heterocycles. The van der Waals surface area contributed by atoms with Crippen LogP contribution in [0, 0.1) is 13.8 Å². The Labute approximate surface area is 208 Å². The lowest BCUT2D eigenvalue weighted by atomic mass is 10.2. The first-order valence-corrected chi connectivity index (χ1v) is 11.5. The summed E-state index contributed by atoms with van der Waals surface area (Å²) >= 11 is 19.6. The molecule has 0 spiro atoms. The Kier molecular flexibility index (Phi) is 6.45. The van der Waals surface area contributed by atoms with Gasteiger partial charge in [0, 0.05) is 26.2 Å². The summed E-state index contributed by atoms with van der Waals surface area (Å²) in [6.07, 6.45) is 0. The Bertz CT molecular complexity index is 1310. The number of aryl methyl sites for hydroxylation is 2. The van der Waals surface area contributed by atoms with Gasteiger partial charge in [-0.2, -0.15) is 0 Å². The Morgan fingerprint density at radius 2 is 1.70 bits per heavy atom. The number of nitrogens with zero attached hydrogens (tertiary/aromatic N) is 2. The van der Waals surface area contributed by atoms with Gasteiger partial charge >= 0.3 is 0 Å². The summed E-state index contributed by atoms with van der Waals surface area (Å²) < 4.78 is 0. The van der Waals surface area contributed by atoms with Gasteiger partial charge in [0.15, 0.2) is 5.13 Å². The molecule has 0 atom stereocenters. The number of thiazole rings is 1. The molecule has 3 aromatic rings. The largest absolute Gasteiger partial charge is 0.350 e. The molecular formula is C22H15Cl3N4O3S. The van der Waals surface area contributed by atoms with E-state index >= 15 is 0 Å². The average molecular weight is 522 g/mol. The number of rotatable bonds is 5. The Hall–Kier alpha value is -2.91. The van der Waals surface area contributed by atoms with Crippen LogP contribution in [0.25, 0.3) is 0 Å². The highest BCUT2D eigenvalue weighted by Gasteiger charge is 2.39. The number of benzene rings is 2. The fourth-order valence-electron chi connectivity index (χ4n) is 3.09. The third-order valence-electron chi connectivity index (χ3n) is 4.78. The Balaban J connectivity index is 1.55. The monoisotopic (exact) mass is 520 g/mol. The van der Waals surface area contributed by atoms with Crippen molar-refractivity contribution in [2.75, 3.05) is 15.5 Å². The molecule has 0 fully saturated rings. The van der Waals surface area contributed by atoms with E-state index in [4.69, 9.17) is 34.8 Å². The predicted molar refractivity (Wildman–Crippen MR) is 131 cm³/mol. The van der Waals surface area contributed by atoms with Crippen LogP contribution >= 0.6 is 46.1 Å². The lowest BCUT2D eigenvalue weighted by Crippen LogP contribution is -2.32. The average Bonchev–Trinajstić information content (AvgIpc) is 3.17. The van der Waals surface area contributed by atoms with Gasteiger partial charge < -0.3 is 5.32 Å². The van der Waals surface area contributed by atoms with Gasteiger partial charge in [-0.25, -0.2) is 9.88 Å². The van der Waals surface area contributed by atoms with Crippen molar-refractivity contribution in [2.45, 2.75) is 13.8 Å². The number of amides is 3. The number of hydrogen-bond acceptors (Lipinski definition) is 6. The van der Waals surface area contributed by atoms with E-state index in [0.29, 0.717) is 16.4 Å². The van der Waals surface area contributed by atoms with Gasteiger partial charge in [-0.1, -0.05) is 40.9 Å². The fourth-order valence-corrected chi connectivity index (χ4v) is 4.63. The molecule has 0 radical (unpaired) electrons. The van der Waals surface area contributed by atoms with Crippen molar-refractivity contribution >= 4 is 80.4 Å². The van der Waals surface area contributed by atoms with Gasteiger partial charge in [-0.05, 0) is 50.2 Å². The zero-order chi connectivity index (χ0) is 23.9. The number of imide groups is 1. The molecule has 2 heterocycles. The number of halogens is 3. The van der Waals surface area contributed by atoms with E-state index < -0.39 is 11.8 Å². The molecule has 33 heavy (non-hydrogen) atoms. The van der Waals surface area contributed by atoms with E-state index in [-0.39, 0.29) is 32.4 Å². The highest BCUT2D eigenvalue weighted by Crippen LogP contribution is 2.33. The SMILES string of the molecule is Cc1nc(NC(=O)c2cccc(NC3=C(Cl)C(=O)N(c4cc(Cl)cc(Cl)c4)C3=O)c2)sc1C. The third kappa shape index (κ3) is 4.74. The molecule has 2 N–H and O–H groups in total. The molecule has 0 bridgehead atoms. The van der Waals surface area contributed by atoms with E-state index in [1.54, 1.807) is 18.2 Å². The summed E-state index contributed by atoms with van der Waals surface area (Å²) in [7, 11) is 0. The zero-order valence-electron chi connectivity index (χ0n) is 17.2. The zero-order valence-corrected chi connectivity index (χ0v) is 20.3. The van der Waals surface area contributed by atoms with Crippen LogP contribution in [0.2, 0.25) is 10.0 Å². The number of carbonyl (C=O) groups excluding carboxylic acids is 3. The van der Waals surface area contributed by atoms with Crippen molar-refractivity contribution < 1.29 is 14.4 Å². The quantitative estimate of drug-likeness (QED) is 0.417. The second-order valence-corrected chi connectivity index (χ2v) is 9.54. The van der Waals surface area contributed by atoms with Gasteiger partial charge in [0.25, 0.3) is 17.7 Å². The minimum absolute atomic E-state index is 0.124. The molecule has 0 saturated heterocycles. The van der Waals surface area contributed by atoms with Gasteiger partial charge in [0.05, 0.1) is 11.4 Å². The van der Waals surface area contributed by atoms with Crippen LogP contribution in [0.5, 0.6) is 0 Å². The first-order valence-electron chi connectivity index (χ1n) is 9.51. The molecule has 3 amide bonds. The van der Waals surface area contributed by atoms with E-state index in [9.17, 15) is 14.4 Å². The van der Waals surface area contributed by atoms with Crippen LogP contribution in [0.1, 0.15) is 20.9 Å². The molecule has 0 unspecified atom stereocenters. The van der Waals surface area contributed by atoms with Gasteiger partial charge in [0.1, 0.15) is 10.7 Å². The van der Waals surface area contributed by atoms with Crippen LogP contribution in [0.4, 0.5) is 16.5 Å². The molecule has 1 aliphatic rings. The predicted octanol–water partition coefficient (Wildman–Crippen LogP) is 5.75. The minimum atomic E-state index is -0.717. The maximum atomic E-state index is 13.0. The third-order valence-corrected chi connectivity index (χ3v) is 6.55. The fraction of sp³-hybridized carbons (Fsp3) is 0.0909. The molecule has 7 nitrogen and oxygen atoms in total. The minimum Gasteiger partial charge on any atom is -0.350 e. The lowest BCUT2D eigenvalue weighted by Gasteiger charge is -2.16. The standard InChI is InChI=1S/C22H15Cl3N4O3S/c1-10-11(2)33-22(26-10)28-19(30)12-4-3-5-15(6-12)27-18-17(25)20(31)29(21(18)32)16-8-13(23)7-14(24)9-16/h3-9,27H,1-2H3,(H,26,28,30). The van der Waals surface area contributed by atoms with Crippen molar-refractivity contribution in [3.63, 3.8) is 0 Å². The summed E-state index contributed by atoms with van der Waals surface area (Å²) in [6, 6.07) is 10.8. The summed E-state index contributed by atoms with van der Waals surface area (Å²) in [4.78, 5) is 44.5. The van der Waals surface area contributed by atoms with Gasteiger partial charge in [-0.3, -0.25) is 19.7 Å². The Morgan fingerprint density at radius 1 is 1.00 bits per heavy atom. The first kappa shape index (κ1) is 23.3. The highest BCUT2D eigenvalue weighted by atomic mass is 35.5. The second-order valence-electron chi connectivity index (χ2n) is 7.08. The van der Waals surface area contributed by atoms with Gasteiger partial charge in [-0.15, -0.1) is 11.3 Å². The van der Waals surface area contributed by atoms with Crippen LogP contribution < -0.4 is 15.5 Å². The summed E-state index contributed by atoms with van der Waals surface area (Å²) in [6.45, 7) is 3.79. The molecule has 4 rings (SSSR count). The van der Waals surface area contributed by atoms with E-state index in [1.165, 1.54) is 35.6 Å². The van der Waals surface area contributed by atoms with Crippen molar-refractivity contribution in [1.29, 1.82) is 0 Å². The molecule has 168 valence electrons. The lowest BCUT2D eigenvalue weighted by molar-refractivity contribution is -0.120. The van der Waals surface area contributed by atoms with Crippen molar-refractivity contribution in [3.8, 4) is 0 Å². The van der Waals surface area contributed by atoms with E-state index in [0.717, 1.165) is 15.5 Å². The number of aromatic nitrogens is 1. The van der Waals surface area contributed by atoms with Crippen LogP contribution in [0.15, 0.2) is 53.2 Å². The molecule has 11 heteroatoms. The highest BCUT2D eigenvalue weighted by molar-refractivity contribution is 7.15. The summed E-state index contributed by atoms with van der Waals surface area (Å²) in [5, 5.41) is 6.33. The number of nitrogens with one attached hydrogen (secondary N) is 2. The van der Waals surface area contributed by atoms with Crippen LogP contribution in [-0.2, 0) is 9.59 Å². The normalized spacial score (nSPS) is 13.7. The van der Waals surface area contributed by atoms with E-state index in [1.807, 2.05) is 13.8 Å². The second kappa shape index (κ2) is 9.15. The maximum Gasteiger partial charge on any atom is 0.283 e. The summed E-state index contributed by atoms with van der Waals surface area (Å²) in [5.74, 6) is -1.76. The maximum absolute atomic E-state index is 13.0. The van der Waals surface area contributed by atoms with E-state index in [2.05, 4.69) is 15.6 Å². The van der Waals surface area contributed by atoms with Crippen molar-refractivity contribution in [3.05, 3.63) is 79.4 Å². The number of carbonyl (C=O) groups is 3. The summed E-state index contributed by atoms with van der Waals surface area (Å²) in [5.41, 5.74) is 1.65. The first-order chi connectivity index (χ1) is 15.6. The van der Waals surface area contributed by atoms with Crippen molar-refractivity contribution in [1.82, 2.24) is 4.98 Å². The molecule has 1 aromatic heterocycles. The van der Waals surface area contributed by atoms with Crippen LogP contribution in [-0.4, -0.2) is 22.7 Å². The van der Waals surface area contributed by atoms with Crippen molar-refractivity contribution in [2.24, 2.45) is 0 Å². The Morgan fingerprint density at radius 3 is 2.33 bits per heavy atom. The topological polar surface area (TPSA) is 91.4 Å².